The minimum Gasteiger partial charge on any atom is -0.466 e. The average Bonchev–Trinajstić information content (AvgIpc) is 3.43. The summed E-state index contributed by atoms with van der Waals surface area (Å²) in [4.78, 5) is 27.8. The molecule has 1 N–H and O–H groups in total. The van der Waals surface area contributed by atoms with Crippen molar-refractivity contribution in [3.63, 3.8) is 0 Å². The molecule has 1 aromatic carbocycles. The maximum absolute atomic E-state index is 12.3. The van der Waals surface area contributed by atoms with Gasteiger partial charge < -0.3 is 10.1 Å². The van der Waals surface area contributed by atoms with Crippen LogP contribution in [0.25, 0.3) is 0 Å². The Morgan fingerprint density at radius 3 is 2.72 bits per heavy atom. The predicted octanol–water partition coefficient (Wildman–Crippen LogP) is 3.32. The van der Waals surface area contributed by atoms with E-state index < -0.39 is 0 Å². The van der Waals surface area contributed by atoms with Crippen LogP contribution in [0.3, 0.4) is 0 Å². The molecule has 2 aromatic rings. The molecule has 5 nitrogen and oxygen atoms in total. The molecule has 1 aliphatic rings. The maximum Gasteiger partial charge on any atom is 0.306 e. The van der Waals surface area contributed by atoms with Crippen molar-refractivity contribution in [2.45, 2.75) is 32.1 Å². The number of anilines is 1. The van der Waals surface area contributed by atoms with E-state index in [1.165, 1.54) is 0 Å². The first-order valence-corrected chi connectivity index (χ1v) is 8.62. The summed E-state index contributed by atoms with van der Waals surface area (Å²) >= 11 is 0. The third-order valence-corrected chi connectivity index (χ3v) is 4.38. The highest BCUT2D eigenvalue weighted by atomic mass is 16.5. The number of pyridine rings is 1. The minimum atomic E-state index is -0.185. The van der Waals surface area contributed by atoms with Crippen molar-refractivity contribution in [1.82, 2.24) is 4.98 Å². The van der Waals surface area contributed by atoms with Crippen molar-refractivity contribution >= 4 is 17.6 Å². The molecule has 0 spiro atoms. The molecule has 2 atom stereocenters. The number of carbonyl (C=O) groups is 2. The van der Waals surface area contributed by atoms with E-state index in [0.29, 0.717) is 19.4 Å². The number of nitrogens with one attached hydrogen (secondary N) is 1. The number of hydrogen-bond acceptors (Lipinski definition) is 4. The van der Waals surface area contributed by atoms with Crippen molar-refractivity contribution < 1.29 is 14.3 Å². The third kappa shape index (κ3) is 4.66. The molecule has 1 aliphatic carbocycles. The molecule has 1 saturated carbocycles. The van der Waals surface area contributed by atoms with Gasteiger partial charge in [-0.1, -0.05) is 18.2 Å². The number of carbonyl (C=O) groups excluding carboxylic acids is 2. The van der Waals surface area contributed by atoms with Gasteiger partial charge in [0, 0.05) is 30.4 Å². The van der Waals surface area contributed by atoms with Crippen LogP contribution in [0.1, 0.15) is 36.8 Å². The van der Waals surface area contributed by atoms with Crippen LogP contribution in [-0.2, 0) is 20.7 Å². The van der Waals surface area contributed by atoms with Crippen molar-refractivity contribution in [3.05, 3.63) is 59.9 Å². The van der Waals surface area contributed by atoms with Gasteiger partial charge in [0.05, 0.1) is 6.61 Å². The van der Waals surface area contributed by atoms with Gasteiger partial charge in [0.1, 0.15) is 0 Å². The molecule has 3 rings (SSSR count). The second-order valence-electron chi connectivity index (χ2n) is 6.23. The fourth-order valence-corrected chi connectivity index (χ4v) is 2.92. The fourth-order valence-electron chi connectivity index (χ4n) is 2.92. The molecule has 5 heteroatoms. The van der Waals surface area contributed by atoms with Crippen molar-refractivity contribution in [1.29, 1.82) is 0 Å². The Morgan fingerprint density at radius 1 is 1.24 bits per heavy atom. The van der Waals surface area contributed by atoms with E-state index >= 15 is 0 Å². The molecule has 0 radical (unpaired) electrons. The van der Waals surface area contributed by atoms with Crippen molar-refractivity contribution in [2.75, 3.05) is 11.9 Å². The molecule has 0 saturated heterocycles. The second-order valence-corrected chi connectivity index (χ2v) is 6.23. The second kappa shape index (κ2) is 7.92. The van der Waals surface area contributed by atoms with Gasteiger partial charge in [0.15, 0.2) is 0 Å². The Morgan fingerprint density at radius 2 is 2.04 bits per heavy atom. The maximum atomic E-state index is 12.3. The van der Waals surface area contributed by atoms with E-state index in [1.54, 1.807) is 13.1 Å². The lowest BCUT2D eigenvalue weighted by Gasteiger charge is -2.07. The van der Waals surface area contributed by atoms with Crippen LogP contribution in [0.2, 0.25) is 0 Å². The molecule has 1 fully saturated rings. The first-order valence-electron chi connectivity index (χ1n) is 8.62. The fraction of sp³-hybridized carbons (Fsp3) is 0.350. The Balaban J connectivity index is 1.49. The van der Waals surface area contributed by atoms with Crippen LogP contribution in [0.4, 0.5) is 5.69 Å². The number of ether oxygens (including phenoxy) is 1. The molecule has 1 aromatic heterocycles. The Kier molecular flexibility index (Phi) is 5.43. The highest BCUT2D eigenvalue weighted by Gasteiger charge is 2.44. The van der Waals surface area contributed by atoms with Gasteiger partial charge in [-0.3, -0.25) is 14.6 Å². The summed E-state index contributed by atoms with van der Waals surface area (Å²) in [6.45, 7) is 2.21. The number of benzene rings is 1. The summed E-state index contributed by atoms with van der Waals surface area (Å²) in [7, 11) is 0. The Hall–Kier alpha value is -2.69. The summed E-state index contributed by atoms with van der Waals surface area (Å²) < 4.78 is 4.92. The normalized spacial score (nSPS) is 18.4. The molecule has 2 unspecified atom stereocenters. The topological polar surface area (TPSA) is 68.3 Å². The molecule has 1 heterocycles. The summed E-state index contributed by atoms with van der Waals surface area (Å²) in [5, 5.41) is 2.97. The summed E-state index contributed by atoms with van der Waals surface area (Å²) in [6, 6.07) is 11.5. The van der Waals surface area contributed by atoms with E-state index in [2.05, 4.69) is 10.3 Å². The Bertz CT molecular complexity index is 728. The molecular weight excluding hydrogens is 316 g/mol. The first-order chi connectivity index (χ1) is 12.2. The average molecular weight is 338 g/mol. The van der Waals surface area contributed by atoms with Crippen LogP contribution < -0.4 is 5.32 Å². The van der Waals surface area contributed by atoms with E-state index in [9.17, 15) is 9.59 Å². The lowest BCUT2D eigenvalue weighted by atomic mass is 10.1. The van der Waals surface area contributed by atoms with Gasteiger partial charge in [-0.05, 0) is 55.0 Å². The van der Waals surface area contributed by atoms with E-state index in [4.69, 9.17) is 4.74 Å². The third-order valence-electron chi connectivity index (χ3n) is 4.38. The zero-order valence-electron chi connectivity index (χ0n) is 14.3. The van der Waals surface area contributed by atoms with Gasteiger partial charge in [0.25, 0.3) is 0 Å². The highest BCUT2D eigenvalue weighted by Crippen LogP contribution is 2.47. The van der Waals surface area contributed by atoms with Crippen LogP contribution in [0, 0.1) is 5.92 Å². The van der Waals surface area contributed by atoms with Gasteiger partial charge in [-0.2, -0.15) is 0 Å². The number of aryl methyl sites for hydroxylation is 1. The van der Waals surface area contributed by atoms with Crippen LogP contribution >= 0.6 is 0 Å². The van der Waals surface area contributed by atoms with Crippen LogP contribution in [-0.4, -0.2) is 23.5 Å². The van der Waals surface area contributed by atoms with E-state index in [0.717, 1.165) is 23.2 Å². The van der Waals surface area contributed by atoms with E-state index in [1.807, 2.05) is 42.6 Å². The first kappa shape index (κ1) is 17.1. The standard InChI is InChI=1S/C20H22N2O3/c1-2-25-19(23)10-7-14-5-8-16(9-6-14)22-20(24)18-12-17(18)15-4-3-11-21-13-15/h3-6,8-9,11,13,17-18H,2,7,10,12H2,1H3,(H,22,24). The quantitative estimate of drug-likeness (QED) is 0.786. The number of esters is 1. The number of amides is 1. The molecule has 25 heavy (non-hydrogen) atoms. The number of aromatic nitrogens is 1. The van der Waals surface area contributed by atoms with E-state index in [-0.39, 0.29) is 23.7 Å². The van der Waals surface area contributed by atoms with Gasteiger partial charge in [-0.25, -0.2) is 0 Å². The smallest absolute Gasteiger partial charge is 0.306 e. The lowest BCUT2D eigenvalue weighted by molar-refractivity contribution is -0.143. The molecule has 0 bridgehead atoms. The molecular formula is C20H22N2O3. The van der Waals surface area contributed by atoms with Crippen LogP contribution in [0.5, 0.6) is 0 Å². The predicted molar refractivity (Wildman–Crippen MR) is 95.1 cm³/mol. The molecule has 1 amide bonds. The summed E-state index contributed by atoms with van der Waals surface area (Å²) in [6.07, 6.45) is 5.45. The van der Waals surface area contributed by atoms with Gasteiger partial charge in [0.2, 0.25) is 5.91 Å². The monoisotopic (exact) mass is 338 g/mol. The molecule has 130 valence electrons. The van der Waals surface area contributed by atoms with Crippen LogP contribution in [0.15, 0.2) is 48.8 Å². The van der Waals surface area contributed by atoms with Gasteiger partial charge >= 0.3 is 5.97 Å². The zero-order valence-corrected chi connectivity index (χ0v) is 14.3. The summed E-state index contributed by atoms with van der Waals surface area (Å²) in [5.41, 5.74) is 2.95. The molecule has 0 aliphatic heterocycles. The minimum absolute atomic E-state index is 0.0210. The Labute approximate surface area is 147 Å². The van der Waals surface area contributed by atoms with Crippen molar-refractivity contribution in [3.8, 4) is 0 Å². The lowest BCUT2D eigenvalue weighted by Crippen LogP contribution is -2.14. The van der Waals surface area contributed by atoms with Crippen molar-refractivity contribution in [2.24, 2.45) is 5.92 Å². The number of hydrogen-bond donors (Lipinski definition) is 1. The SMILES string of the molecule is CCOC(=O)CCc1ccc(NC(=O)C2CC2c2cccnc2)cc1. The zero-order chi connectivity index (χ0) is 17.6. The van der Waals surface area contributed by atoms with Gasteiger partial charge in [-0.15, -0.1) is 0 Å². The number of rotatable bonds is 7. The highest BCUT2D eigenvalue weighted by molar-refractivity contribution is 5.95. The summed E-state index contributed by atoms with van der Waals surface area (Å²) in [5.74, 6) is 0.161. The largest absolute Gasteiger partial charge is 0.466 e. The number of nitrogens with zero attached hydrogens (tertiary/aromatic N) is 1.